The monoisotopic (exact) mass is 1620 g/mol. The molecule has 0 spiro atoms. The molecular formula is C78H136O34. The van der Waals surface area contributed by atoms with E-state index in [9.17, 15) is 14.7 Å². The minimum Gasteiger partial charge on any atom is -0.487 e. The number of fused-ring (bicyclic) bond motifs is 2. The number of esters is 2. The van der Waals surface area contributed by atoms with Crippen LogP contribution in [0.2, 0.25) is 0 Å². The molecule has 0 amide bonds. The average Bonchev–Trinajstić information content (AvgIpc) is 0.878. The van der Waals surface area contributed by atoms with Gasteiger partial charge in [0.2, 0.25) is 0 Å². The molecule has 3 aliphatic heterocycles. The highest BCUT2D eigenvalue weighted by Crippen LogP contribution is 2.30. The van der Waals surface area contributed by atoms with E-state index in [1.54, 1.807) is 30.3 Å². The van der Waals surface area contributed by atoms with Gasteiger partial charge in [-0.3, -0.25) is 9.59 Å². The zero-order valence-corrected chi connectivity index (χ0v) is 66.7. The first-order chi connectivity index (χ1) is 55.6. The first-order valence-corrected chi connectivity index (χ1v) is 39.7. The van der Waals surface area contributed by atoms with Gasteiger partial charge < -0.3 is 152 Å². The largest absolute Gasteiger partial charge is 0.487 e. The molecule has 0 aromatic heterocycles. The lowest BCUT2D eigenvalue weighted by Gasteiger charge is -2.15. The Balaban J connectivity index is 0.000000530. The predicted octanol–water partition coefficient (Wildman–Crippen LogP) is 4.51. The molecule has 2 aromatic carbocycles. The van der Waals surface area contributed by atoms with Crippen LogP contribution in [0.25, 0.3) is 0 Å². The fraction of sp³-hybridized carbons (Fsp3) is 0.821. The highest BCUT2D eigenvalue weighted by molar-refractivity contribution is 5.69. The van der Waals surface area contributed by atoms with Crippen LogP contribution < -0.4 is 18.9 Å². The lowest BCUT2D eigenvalue weighted by Crippen LogP contribution is -2.16. The smallest absolute Gasteiger partial charge is 0.306 e. The topological polar surface area (TPSA) is 352 Å². The number of hydrogen-bond acceptors (Lipinski definition) is 34. The summed E-state index contributed by atoms with van der Waals surface area (Å²) in [6.07, 6.45) is 6.26. The molecule has 1 fully saturated rings. The summed E-state index contributed by atoms with van der Waals surface area (Å²) in [6, 6.07) is 10.7. The molecule has 34 heteroatoms. The fourth-order valence-corrected chi connectivity index (χ4v) is 9.24. The highest BCUT2D eigenvalue weighted by atomic mass is 16.6. The SMILES string of the molecule is O=C(CCCCCO)OCc1ccc2c(c1)OCCOCCOCCOCCOCCOCCOCCOCCOCCOCCOCCOCCOCCO2.O=C1CCCCCO1.OCc1ccc2c(c1)OCCOCCOCCOCCOCCOCCOCCOCCOCCOCCOCCOCCOCCO2. The summed E-state index contributed by atoms with van der Waals surface area (Å²) >= 11 is 0. The van der Waals surface area contributed by atoms with Crippen molar-refractivity contribution in [3.63, 3.8) is 0 Å². The van der Waals surface area contributed by atoms with Crippen molar-refractivity contribution < 1.29 is 162 Å². The van der Waals surface area contributed by atoms with Crippen molar-refractivity contribution in [2.24, 2.45) is 0 Å². The molecular weight excluding hydrogens is 1480 g/mol. The quantitative estimate of drug-likeness (QED) is 0.271. The van der Waals surface area contributed by atoms with E-state index in [4.69, 9.17) is 147 Å². The normalized spacial score (nSPS) is 20.9. The minimum atomic E-state index is -0.283. The minimum absolute atomic E-state index is 0.0255. The molecule has 2 aromatic rings. The van der Waals surface area contributed by atoms with Crippen LogP contribution in [0.5, 0.6) is 23.0 Å². The number of ether oxygens (including phenoxy) is 30. The summed E-state index contributed by atoms with van der Waals surface area (Å²) in [5, 5.41) is 18.4. The van der Waals surface area contributed by atoms with E-state index < -0.39 is 0 Å². The fourth-order valence-electron chi connectivity index (χ4n) is 9.24. The van der Waals surface area contributed by atoms with Gasteiger partial charge in [0.05, 0.1) is 330 Å². The van der Waals surface area contributed by atoms with Crippen molar-refractivity contribution in [2.75, 3.05) is 357 Å². The van der Waals surface area contributed by atoms with Gasteiger partial charge in [0, 0.05) is 19.4 Å². The Labute approximate surface area is 663 Å². The Morgan fingerprint density at radius 3 is 0.759 bits per heavy atom. The van der Waals surface area contributed by atoms with Crippen LogP contribution in [0.3, 0.4) is 0 Å². The van der Waals surface area contributed by atoms with Gasteiger partial charge in [-0.15, -0.1) is 0 Å². The molecule has 3 aliphatic rings. The van der Waals surface area contributed by atoms with E-state index in [1.165, 1.54) is 0 Å². The summed E-state index contributed by atoms with van der Waals surface area (Å²) in [5.41, 5.74) is 1.49. The predicted molar refractivity (Wildman–Crippen MR) is 405 cm³/mol. The molecule has 112 heavy (non-hydrogen) atoms. The van der Waals surface area contributed by atoms with Gasteiger partial charge in [-0.25, -0.2) is 0 Å². The van der Waals surface area contributed by atoms with Crippen molar-refractivity contribution in [2.45, 2.75) is 64.6 Å². The van der Waals surface area contributed by atoms with E-state index in [0.717, 1.165) is 36.8 Å². The third kappa shape index (κ3) is 68.7. The van der Waals surface area contributed by atoms with E-state index in [1.807, 2.05) is 6.07 Å². The molecule has 5 rings (SSSR count). The summed E-state index contributed by atoms with van der Waals surface area (Å²) < 4.78 is 167. The van der Waals surface area contributed by atoms with Crippen LogP contribution >= 0.6 is 0 Å². The van der Waals surface area contributed by atoms with E-state index in [2.05, 4.69) is 0 Å². The summed E-state index contributed by atoms with van der Waals surface area (Å²) in [4.78, 5) is 22.6. The maximum atomic E-state index is 12.2. The maximum Gasteiger partial charge on any atom is 0.306 e. The number of hydrogen-bond donors (Lipinski definition) is 2. The van der Waals surface area contributed by atoms with Crippen molar-refractivity contribution in [1.82, 2.24) is 0 Å². The lowest BCUT2D eigenvalue weighted by atomic mass is 10.2. The van der Waals surface area contributed by atoms with Crippen molar-refractivity contribution >= 4 is 11.9 Å². The van der Waals surface area contributed by atoms with Gasteiger partial charge in [-0.05, 0) is 67.5 Å². The van der Waals surface area contributed by atoms with Gasteiger partial charge in [-0.2, -0.15) is 0 Å². The molecule has 0 atom stereocenters. The molecule has 0 aliphatic carbocycles. The Kier molecular flexibility index (Phi) is 75.4. The molecule has 0 saturated carbocycles. The van der Waals surface area contributed by atoms with E-state index in [-0.39, 0.29) is 38.4 Å². The maximum absolute atomic E-state index is 12.2. The Morgan fingerprint density at radius 1 is 0.259 bits per heavy atom. The lowest BCUT2D eigenvalue weighted by molar-refractivity contribution is -0.145. The first kappa shape index (κ1) is 102. The van der Waals surface area contributed by atoms with Crippen LogP contribution in [0.4, 0.5) is 0 Å². The van der Waals surface area contributed by atoms with Gasteiger partial charge in [0.1, 0.15) is 33.0 Å². The number of benzene rings is 2. The molecule has 652 valence electrons. The summed E-state index contributed by atoms with van der Waals surface area (Å²) in [7, 11) is 0. The summed E-state index contributed by atoms with van der Waals surface area (Å²) in [6.45, 7) is 24.4. The van der Waals surface area contributed by atoms with E-state index >= 15 is 0 Å². The van der Waals surface area contributed by atoms with Gasteiger partial charge >= 0.3 is 11.9 Å². The van der Waals surface area contributed by atoms with E-state index in [0.29, 0.717) is 392 Å². The van der Waals surface area contributed by atoms with Crippen molar-refractivity contribution in [3.8, 4) is 23.0 Å². The number of carbonyl (C=O) groups excluding carboxylic acids is 2. The number of unbranched alkanes of at least 4 members (excludes halogenated alkanes) is 2. The number of carbonyl (C=O) groups is 2. The van der Waals surface area contributed by atoms with Gasteiger partial charge in [0.15, 0.2) is 23.0 Å². The third-order valence-corrected chi connectivity index (χ3v) is 15.1. The third-order valence-electron chi connectivity index (χ3n) is 15.1. The Morgan fingerprint density at radius 2 is 0.500 bits per heavy atom. The first-order valence-electron chi connectivity index (χ1n) is 39.7. The van der Waals surface area contributed by atoms with Gasteiger partial charge in [0.25, 0.3) is 0 Å². The number of rotatable bonds is 8. The van der Waals surface area contributed by atoms with Crippen LogP contribution in [-0.4, -0.2) is 379 Å². The molecule has 0 unspecified atom stereocenters. The van der Waals surface area contributed by atoms with Crippen molar-refractivity contribution in [3.05, 3.63) is 47.5 Å². The zero-order valence-electron chi connectivity index (χ0n) is 66.7. The molecule has 34 nitrogen and oxygen atoms in total. The number of cyclic esters (lactones) is 1. The Bertz CT molecular complexity index is 2310. The van der Waals surface area contributed by atoms with Crippen LogP contribution in [0.1, 0.15) is 62.5 Å². The molecule has 0 bridgehead atoms. The standard InChI is InChI=1S/C39H68O17.C33H58O15.C6H10O2/c40-7-3-1-2-4-39(41)56-35-36-5-6-37-38(34-36)55-33-31-53-29-27-51-25-23-49-21-19-47-17-15-45-13-11-43-9-8-42-10-12-44-14-16-46-18-20-48-22-24-50-26-28-52-30-32-54-37;34-30-31-1-2-32-33(29-31)48-28-26-46-24-22-44-20-18-42-16-14-40-12-10-38-8-6-36-4-3-35-5-7-37-9-11-39-13-15-41-17-19-43-21-23-45-25-27-47-32;7-6-4-2-1-3-5-8-6/h5-6,34,40H,1-4,7-33,35H2;1-2,29,34H,3-28,30H2;1-5H2. The van der Waals surface area contributed by atoms with Crippen LogP contribution in [0.15, 0.2) is 36.4 Å². The van der Waals surface area contributed by atoms with Crippen molar-refractivity contribution in [1.29, 1.82) is 0 Å². The van der Waals surface area contributed by atoms with Crippen LogP contribution in [0, 0.1) is 0 Å². The molecule has 0 radical (unpaired) electrons. The second-order valence-electron chi connectivity index (χ2n) is 24.0. The number of aliphatic hydroxyl groups excluding tert-OH is 2. The summed E-state index contributed by atoms with van der Waals surface area (Å²) in [5.74, 6) is 1.84. The second-order valence-corrected chi connectivity index (χ2v) is 24.0. The number of aliphatic hydroxyl groups is 2. The molecule has 1 saturated heterocycles. The molecule has 2 N–H and O–H groups in total. The average molecular weight is 1620 g/mol. The van der Waals surface area contributed by atoms with Crippen LogP contribution in [-0.2, 0) is 146 Å². The zero-order chi connectivity index (χ0) is 79.3. The van der Waals surface area contributed by atoms with Gasteiger partial charge in [-0.1, -0.05) is 18.6 Å². The second kappa shape index (κ2) is 83.0. The molecule has 3 heterocycles. The Hall–Kier alpha value is -4.46. The highest BCUT2D eigenvalue weighted by Gasteiger charge is 2.13.